The Hall–Kier alpha value is -0.690. The minimum Gasteiger partial charge on any atom is -0.493 e. The Labute approximate surface area is 78.3 Å². The van der Waals surface area contributed by atoms with E-state index >= 15 is 0 Å². The lowest BCUT2D eigenvalue weighted by atomic mass is 10.1. The first-order valence-corrected chi connectivity index (χ1v) is 4.39. The molecule has 0 bridgehead atoms. The number of rotatable bonds is 3. The fourth-order valence-corrected chi connectivity index (χ4v) is 1.23. The van der Waals surface area contributed by atoms with Crippen LogP contribution in [0.25, 0.3) is 0 Å². The van der Waals surface area contributed by atoms with Crippen LogP contribution < -0.4 is 4.74 Å². The van der Waals surface area contributed by atoms with Crippen molar-refractivity contribution >= 4 is 11.6 Å². The molecule has 12 heavy (non-hydrogen) atoms. The van der Waals surface area contributed by atoms with Crippen molar-refractivity contribution in [2.24, 2.45) is 0 Å². The summed E-state index contributed by atoms with van der Waals surface area (Å²) < 4.78 is 5.28. The molecule has 0 aliphatic rings. The molecule has 1 nitrogen and oxygen atoms in total. The van der Waals surface area contributed by atoms with Crippen molar-refractivity contribution in [1.29, 1.82) is 0 Å². The van der Waals surface area contributed by atoms with Crippen LogP contribution in [0.3, 0.4) is 0 Å². The maximum atomic E-state index is 5.68. The van der Waals surface area contributed by atoms with Gasteiger partial charge in [-0.1, -0.05) is 12.1 Å². The maximum absolute atomic E-state index is 5.68. The van der Waals surface area contributed by atoms with Gasteiger partial charge in [-0.2, -0.15) is 0 Å². The number of benzene rings is 1. The molecule has 0 heterocycles. The minimum atomic E-state index is 0.459. The minimum absolute atomic E-state index is 0.459. The highest BCUT2D eigenvalue weighted by Gasteiger charge is 1.98. The van der Waals surface area contributed by atoms with Crippen LogP contribution in [0.1, 0.15) is 11.1 Å². The van der Waals surface area contributed by atoms with E-state index in [0.29, 0.717) is 12.5 Å². The highest BCUT2D eigenvalue weighted by atomic mass is 35.5. The molecule has 1 aromatic rings. The zero-order valence-corrected chi connectivity index (χ0v) is 7.90. The molecule has 1 rings (SSSR count). The van der Waals surface area contributed by atoms with Crippen LogP contribution in [0.5, 0.6) is 5.75 Å². The third kappa shape index (κ3) is 2.15. The second kappa shape index (κ2) is 4.36. The van der Waals surface area contributed by atoms with Gasteiger partial charge in [-0.05, 0) is 31.0 Å². The van der Waals surface area contributed by atoms with E-state index < -0.39 is 0 Å². The molecule has 0 fully saturated rings. The molecular weight excluding hydrogens is 172 g/mol. The van der Waals surface area contributed by atoms with E-state index in [1.807, 2.05) is 25.1 Å². The third-order valence-corrected chi connectivity index (χ3v) is 1.96. The Balaban J connectivity index is 2.87. The molecule has 0 unspecified atom stereocenters. The predicted octanol–water partition coefficient (Wildman–Crippen LogP) is 2.95. The van der Waals surface area contributed by atoms with Crippen molar-refractivity contribution in [3.63, 3.8) is 0 Å². The summed E-state index contributed by atoms with van der Waals surface area (Å²) in [7, 11) is 0. The molecule has 0 spiro atoms. The van der Waals surface area contributed by atoms with Gasteiger partial charge in [0.1, 0.15) is 5.75 Å². The Morgan fingerprint density at radius 2 is 2.25 bits per heavy atom. The lowest BCUT2D eigenvalue weighted by Crippen LogP contribution is -1.94. The molecule has 1 radical (unpaired) electrons. The molecule has 0 N–H and O–H groups in total. The van der Waals surface area contributed by atoms with Crippen LogP contribution >= 0.6 is 11.6 Å². The van der Waals surface area contributed by atoms with Gasteiger partial charge >= 0.3 is 0 Å². The topological polar surface area (TPSA) is 9.23 Å². The highest BCUT2D eigenvalue weighted by Crippen LogP contribution is 2.19. The quantitative estimate of drug-likeness (QED) is 0.655. The van der Waals surface area contributed by atoms with Crippen molar-refractivity contribution in [2.45, 2.75) is 12.8 Å². The standard InChI is InChI=1S/C10H12ClO/c1-3-12-10-5-4-9(7-11)6-8(10)2/h4-6H,1,3,7H2,2H3. The molecule has 0 aliphatic heterocycles. The first-order chi connectivity index (χ1) is 5.77. The van der Waals surface area contributed by atoms with Crippen molar-refractivity contribution in [3.05, 3.63) is 36.2 Å². The molecule has 2 heteroatoms. The van der Waals surface area contributed by atoms with Crippen LogP contribution in [-0.4, -0.2) is 6.61 Å². The maximum Gasteiger partial charge on any atom is 0.122 e. The lowest BCUT2D eigenvalue weighted by Gasteiger charge is -2.07. The summed E-state index contributed by atoms with van der Waals surface area (Å²) in [5.74, 6) is 1.43. The SMILES string of the molecule is [CH2]COc1ccc(CCl)cc1C. The van der Waals surface area contributed by atoms with Crippen molar-refractivity contribution in [2.75, 3.05) is 6.61 Å². The number of hydrogen-bond acceptors (Lipinski definition) is 1. The molecular formula is C10H12ClO. The normalized spacial score (nSPS) is 9.92. The smallest absolute Gasteiger partial charge is 0.122 e. The molecule has 0 amide bonds. The monoisotopic (exact) mass is 183 g/mol. The first kappa shape index (κ1) is 9.40. The van der Waals surface area contributed by atoms with E-state index in [9.17, 15) is 0 Å². The van der Waals surface area contributed by atoms with Gasteiger partial charge in [0.2, 0.25) is 0 Å². The molecule has 0 aliphatic carbocycles. The van der Waals surface area contributed by atoms with Crippen molar-refractivity contribution in [3.8, 4) is 5.75 Å². The van der Waals surface area contributed by atoms with E-state index in [1.165, 1.54) is 0 Å². The van der Waals surface area contributed by atoms with Crippen LogP contribution in [0.15, 0.2) is 18.2 Å². The summed E-state index contributed by atoms with van der Waals surface area (Å²) in [4.78, 5) is 0. The third-order valence-electron chi connectivity index (χ3n) is 1.65. The van der Waals surface area contributed by atoms with Gasteiger partial charge in [-0.25, -0.2) is 0 Å². The molecule has 65 valence electrons. The predicted molar refractivity (Wildman–Crippen MR) is 51.6 cm³/mol. The fourth-order valence-electron chi connectivity index (χ4n) is 1.07. The number of alkyl halides is 1. The van der Waals surface area contributed by atoms with E-state index in [1.54, 1.807) is 0 Å². The van der Waals surface area contributed by atoms with Crippen LogP contribution in [0.2, 0.25) is 0 Å². The number of halogens is 1. The number of hydrogen-bond donors (Lipinski definition) is 0. The Morgan fingerprint density at radius 3 is 2.75 bits per heavy atom. The average molecular weight is 184 g/mol. The van der Waals surface area contributed by atoms with Crippen LogP contribution in [-0.2, 0) is 5.88 Å². The zero-order valence-electron chi connectivity index (χ0n) is 7.14. The Bertz CT molecular complexity index is 258. The van der Waals surface area contributed by atoms with Gasteiger partial charge in [-0.15, -0.1) is 11.6 Å². The van der Waals surface area contributed by atoms with E-state index in [2.05, 4.69) is 6.92 Å². The van der Waals surface area contributed by atoms with Crippen LogP contribution in [0, 0.1) is 13.8 Å². The number of aryl methyl sites for hydroxylation is 1. The summed E-state index contributed by atoms with van der Waals surface area (Å²) in [6.45, 7) is 6.08. The van der Waals surface area contributed by atoms with Gasteiger partial charge < -0.3 is 4.74 Å². The van der Waals surface area contributed by atoms with Crippen molar-refractivity contribution < 1.29 is 4.74 Å². The van der Waals surface area contributed by atoms with Gasteiger partial charge in [0.05, 0.1) is 6.61 Å². The first-order valence-electron chi connectivity index (χ1n) is 3.85. The largest absolute Gasteiger partial charge is 0.493 e. The summed E-state index contributed by atoms with van der Waals surface area (Å²) in [6.07, 6.45) is 0. The molecule has 0 atom stereocenters. The summed E-state index contributed by atoms with van der Waals surface area (Å²) >= 11 is 5.68. The molecule has 1 aromatic carbocycles. The van der Waals surface area contributed by atoms with Gasteiger partial charge in [0.25, 0.3) is 0 Å². The van der Waals surface area contributed by atoms with E-state index in [-0.39, 0.29) is 0 Å². The van der Waals surface area contributed by atoms with E-state index in [4.69, 9.17) is 16.3 Å². The fraction of sp³-hybridized carbons (Fsp3) is 0.300. The number of ether oxygens (including phenoxy) is 1. The average Bonchev–Trinajstić information content (AvgIpc) is 2.09. The summed E-state index contributed by atoms with van der Waals surface area (Å²) in [5, 5.41) is 0. The van der Waals surface area contributed by atoms with Crippen LogP contribution in [0.4, 0.5) is 0 Å². The van der Waals surface area contributed by atoms with E-state index in [0.717, 1.165) is 16.9 Å². The molecule has 0 aromatic heterocycles. The molecule has 0 saturated carbocycles. The summed E-state index contributed by atoms with van der Waals surface area (Å²) in [6, 6.07) is 5.92. The zero-order chi connectivity index (χ0) is 8.97. The Morgan fingerprint density at radius 1 is 1.50 bits per heavy atom. The second-order valence-corrected chi connectivity index (χ2v) is 2.85. The second-order valence-electron chi connectivity index (χ2n) is 2.58. The van der Waals surface area contributed by atoms with Crippen molar-refractivity contribution in [1.82, 2.24) is 0 Å². The van der Waals surface area contributed by atoms with Gasteiger partial charge in [-0.3, -0.25) is 0 Å². The molecule has 0 saturated heterocycles. The lowest BCUT2D eigenvalue weighted by molar-refractivity contribution is 0.358. The summed E-state index contributed by atoms with van der Waals surface area (Å²) in [5.41, 5.74) is 2.22. The van der Waals surface area contributed by atoms with Gasteiger partial charge in [0.15, 0.2) is 0 Å². The Kier molecular flexibility index (Phi) is 3.42. The van der Waals surface area contributed by atoms with Gasteiger partial charge in [0, 0.05) is 5.88 Å². The highest BCUT2D eigenvalue weighted by molar-refractivity contribution is 6.17.